The molecule has 1 atom stereocenters. The zero-order chi connectivity index (χ0) is 14.1. The van der Waals surface area contributed by atoms with Crippen molar-refractivity contribution in [2.45, 2.75) is 18.8 Å². The van der Waals surface area contributed by atoms with Crippen LogP contribution in [0.2, 0.25) is 5.02 Å². The Hall–Kier alpha value is -1.87. The van der Waals surface area contributed by atoms with Crippen LogP contribution in [0.3, 0.4) is 0 Å². The van der Waals surface area contributed by atoms with Gasteiger partial charge in [-0.05, 0) is 30.0 Å². The van der Waals surface area contributed by atoms with E-state index in [4.69, 9.17) is 16.3 Å². The molecule has 0 saturated heterocycles. The Balaban J connectivity index is 2.02. The van der Waals surface area contributed by atoms with Crippen LogP contribution in [0.1, 0.15) is 34.0 Å². The van der Waals surface area contributed by atoms with Gasteiger partial charge in [0.1, 0.15) is 5.75 Å². The van der Waals surface area contributed by atoms with E-state index in [-0.39, 0.29) is 11.7 Å². The number of aromatic nitrogens is 1. The SMILES string of the molecule is COc1ccnc2c1C(=O)C[C@H](c1ccccc1Cl)C2. The summed E-state index contributed by atoms with van der Waals surface area (Å²) in [6, 6.07) is 9.40. The van der Waals surface area contributed by atoms with Crippen molar-refractivity contribution in [3.05, 3.63) is 58.4 Å². The van der Waals surface area contributed by atoms with Crippen LogP contribution < -0.4 is 4.74 Å². The van der Waals surface area contributed by atoms with Crippen LogP contribution in [0, 0.1) is 0 Å². The van der Waals surface area contributed by atoms with Crippen molar-refractivity contribution >= 4 is 17.4 Å². The van der Waals surface area contributed by atoms with Crippen LogP contribution in [-0.4, -0.2) is 17.9 Å². The molecule has 1 aliphatic rings. The van der Waals surface area contributed by atoms with E-state index in [0.717, 1.165) is 11.3 Å². The summed E-state index contributed by atoms with van der Waals surface area (Å²) in [5.74, 6) is 0.766. The number of carbonyl (C=O) groups is 1. The largest absolute Gasteiger partial charge is 0.496 e. The van der Waals surface area contributed by atoms with E-state index in [1.54, 1.807) is 19.4 Å². The van der Waals surface area contributed by atoms with Gasteiger partial charge in [0, 0.05) is 17.6 Å². The normalized spacial score (nSPS) is 17.7. The summed E-state index contributed by atoms with van der Waals surface area (Å²) in [7, 11) is 1.57. The number of fused-ring (bicyclic) bond motifs is 1. The predicted octanol–water partition coefficient (Wildman–Crippen LogP) is 3.66. The number of methoxy groups -OCH3 is 1. The van der Waals surface area contributed by atoms with Gasteiger partial charge in [-0.15, -0.1) is 0 Å². The zero-order valence-electron chi connectivity index (χ0n) is 11.1. The number of benzene rings is 1. The van der Waals surface area contributed by atoms with E-state index >= 15 is 0 Å². The van der Waals surface area contributed by atoms with Crippen molar-refractivity contribution < 1.29 is 9.53 Å². The first-order valence-corrected chi connectivity index (χ1v) is 6.88. The van der Waals surface area contributed by atoms with Gasteiger partial charge in [-0.3, -0.25) is 9.78 Å². The van der Waals surface area contributed by atoms with E-state index < -0.39 is 0 Å². The number of Topliss-reactive ketones (excluding diaryl/α,β-unsaturated/α-hetero) is 1. The first-order valence-electron chi connectivity index (χ1n) is 6.50. The number of nitrogens with zero attached hydrogens (tertiary/aromatic N) is 1. The van der Waals surface area contributed by atoms with Gasteiger partial charge in [0.25, 0.3) is 0 Å². The minimum Gasteiger partial charge on any atom is -0.496 e. The fraction of sp³-hybridized carbons (Fsp3) is 0.250. The van der Waals surface area contributed by atoms with Gasteiger partial charge in [-0.2, -0.15) is 0 Å². The molecule has 3 nitrogen and oxygen atoms in total. The van der Waals surface area contributed by atoms with Crippen LogP contribution in [0.5, 0.6) is 5.75 Å². The number of pyridine rings is 1. The topological polar surface area (TPSA) is 39.2 Å². The second-order valence-corrected chi connectivity index (χ2v) is 5.29. The molecule has 0 unspecified atom stereocenters. The van der Waals surface area contributed by atoms with Gasteiger partial charge >= 0.3 is 0 Å². The van der Waals surface area contributed by atoms with Crippen molar-refractivity contribution in [1.82, 2.24) is 4.98 Å². The smallest absolute Gasteiger partial charge is 0.169 e. The Labute approximate surface area is 122 Å². The average Bonchev–Trinajstić information content (AvgIpc) is 2.46. The summed E-state index contributed by atoms with van der Waals surface area (Å²) in [5.41, 5.74) is 2.43. The lowest BCUT2D eigenvalue weighted by molar-refractivity contribution is 0.0959. The maximum atomic E-state index is 12.4. The number of ether oxygens (including phenoxy) is 1. The first kappa shape index (κ1) is 13.1. The van der Waals surface area contributed by atoms with E-state index in [2.05, 4.69) is 4.98 Å². The molecule has 0 fully saturated rings. The van der Waals surface area contributed by atoms with E-state index in [1.165, 1.54) is 0 Å². The molecule has 3 rings (SSSR count). The molecular formula is C16H14ClNO2. The molecule has 102 valence electrons. The first-order chi connectivity index (χ1) is 9.70. The van der Waals surface area contributed by atoms with Crippen molar-refractivity contribution in [2.75, 3.05) is 7.11 Å². The summed E-state index contributed by atoms with van der Waals surface area (Å²) in [4.78, 5) is 16.7. The maximum Gasteiger partial charge on any atom is 0.169 e. The van der Waals surface area contributed by atoms with E-state index in [9.17, 15) is 4.79 Å². The molecule has 0 bridgehead atoms. The molecule has 1 aliphatic carbocycles. The number of rotatable bonds is 2. The molecule has 0 N–H and O–H groups in total. The van der Waals surface area contributed by atoms with Crippen LogP contribution in [0.4, 0.5) is 0 Å². The van der Waals surface area contributed by atoms with Crippen molar-refractivity contribution in [3.8, 4) is 5.75 Å². The summed E-state index contributed by atoms with van der Waals surface area (Å²) < 4.78 is 5.26. The molecule has 1 heterocycles. The Morgan fingerprint density at radius 3 is 2.80 bits per heavy atom. The molecule has 4 heteroatoms. The Bertz CT molecular complexity index is 669. The molecule has 1 aromatic carbocycles. The minimum absolute atomic E-state index is 0.0705. The second kappa shape index (κ2) is 5.25. The van der Waals surface area contributed by atoms with Gasteiger partial charge in [0.2, 0.25) is 0 Å². The Morgan fingerprint density at radius 1 is 1.25 bits per heavy atom. The number of ketones is 1. The number of carbonyl (C=O) groups excluding carboxylic acids is 1. The second-order valence-electron chi connectivity index (χ2n) is 4.88. The highest BCUT2D eigenvalue weighted by atomic mass is 35.5. The summed E-state index contributed by atoms with van der Waals surface area (Å²) in [6.45, 7) is 0. The van der Waals surface area contributed by atoms with Crippen LogP contribution in [0.25, 0.3) is 0 Å². The minimum atomic E-state index is 0.0705. The predicted molar refractivity (Wildman–Crippen MR) is 77.6 cm³/mol. The van der Waals surface area contributed by atoms with Crippen molar-refractivity contribution in [1.29, 1.82) is 0 Å². The van der Waals surface area contributed by atoms with Crippen LogP contribution in [0.15, 0.2) is 36.5 Å². The van der Waals surface area contributed by atoms with Gasteiger partial charge < -0.3 is 4.74 Å². The van der Waals surface area contributed by atoms with Gasteiger partial charge in [-0.25, -0.2) is 0 Å². The molecule has 0 aliphatic heterocycles. The number of hydrogen-bond donors (Lipinski definition) is 0. The summed E-state index contributed by atoms with van der Waals surface area (Å²) in [5, 5.41) is 0.705. The molecule has 0 amide bonds. The van der Waals surface area contributed by atoms with Gasteiger partial charge in [-0.1, -0.05) is 29.8 Å². The number of hydrogen-bond acceptors (Lipinski definition) is 3. The summed E-state index contributed by atoms with van der Waals surface area (Å²) >= 11 is 6.23. The lowest BCUT2D eigenvalue weighted by atomic mass is 9.81. The maximum absolute atomic E-state index is 12.4. The van der Waals surface area contributed by atoms with Crippen LogP contribution in [-0.2, 0) is 6.42 Å². The lowest BCUT2D eigenvalue weighted by Gasteiger charge is -2.24. The van der Waals surface area contributed by atoms with Gasteiger partial charge in [0.05, 0.1) is 18.4 Å². The van der Waals surface area contributed by atoms with E-state index in [1.807, 2.05) is 24.3 Å². The van der Waals surface area contributed by atoms with Gasteiger partial charge in [0.15, 0.2) is 5.78 Å². The molecule has 20 heavy (non-hydrogen) atoms. The average molecular weight is 288 g/mol. The van der Waals surface area contributed by atoms with Crippen LogP contribution >= 0.6 is 11.6 Å². The number of halogens is 1. The quantitative estimate of drug-likeness (QED) is 0.846. The highest BCUT2D eigenvalue weighted by Gasteiger charge is 2.30. The molecule has 1 aromatic heterocycles. The molecule has 2 aromatic rings. The highest BCUT2D eigenvalue weighted by molar-refractivity contribution is 6.31. The molecular weight excluding hydrogens is 274 g/mol. The fourth-order valence-corrected chi connectivity index (χ4v) is 3.06. The Morgan fingerprint density at radius 2 is 2.05 bits per heavy atom. The molecule has 0 spiro atoms. The Kier molecular flexibility index (Phi) is 3.45. The monoisotopic (exact) mass is 287 g/mol. The highest BCUT2D eigenvalue weighted by Crippen LogP contribution is 2.37. The third-order valence-corrected chi connectivity index (χ3v) is 4.05. The van der Waals surface area contributed by atoms with Crippen molar-refractivity contribution in [2.24, 2.45) is 0 Å². The summed E-state index contributed by atoms with van der Waals surface area (Å²) in [6.07, 6.45) is 2.83. The third-order valence-electron chi connectivity index (χ3n) is 3.71. The lowest BCUT2D eigenvalue weighted by Crippen LogP contribution is -2.21. The molecule has 0 radical (unpaired) electrons. The fourth-order valence-electron chi connectivity index (χ4n) is 2.77. The third kappa shape index (κ3) is 2.18. The van der Waals surface area contributed by atoms with E-state index in [0.29, 0.717) is 29.2 Å². The zero-order valence-corrected chi connectivity index (χ0v) is 11.9. The standard InChI is InChI=1S/C16H14ClNO2/c1-20-15-6-7-18-13-8-10(9-14(19)16(13)15)11-4-2-3-5-12(11)17/h2-7,10H,8-9H2,1H3/t10-/m1/s1. The molecule has 0 saturated carbocycles. The van der Waals surface area contributed by atoms with Crippen molar-refractivity contribution in [3.63, 3.8) is 0 Å².